The number of rotatable bonds is 6. The number of carbonyl (C=O) groups is 2. The van der Waals surface area contributed by atoms with Crippen molar-refractivity contribution in [3.8, 4) is 5.75 Å². The van der Waals surface area contributed by atoms with Crippen molar-refractivity contribution in [2.75, 3.05) is 12.4 Å². The molecule has 2 aromatic carbocycles. The highest BCUT2D eigenvalue weighted by Gasteiger charge is 2.17. The number of nitrogens with one attached hydrogen (secondary N) is 2. The summed E-state index contributed by atoms with van der Waals surface area (Å²) in [6, 6.07) is 14.9. The van der Waals surface area contributed by atoms with Crippen LogP contribution in [0, 0.1) is 6.92 Å². The molecule has 3 aromatic rings. The Morgan fingerprint density at radius 3 is 2.52 bits per heavy atom. The number of aryl methyl sites for hydroxylation is 1. The van der Waals surface area contributed by atoms with Gasteiger partial charge >= 0.3 is 5.91 Å². The Morgan fingerprint density at radius 1 is 1.07 bits per heavy atom. The molecule has 3 rings (SSSR count). The van der Waals surface area contributed by atoms with E-state index in [0.717, 1.165) is 21.6 Å². The number of hydrogen-bond acceptors (Lipinski definition) is 5. The Hall–Kier alpha value is -2.93. The van der Waals surface area contributed by atoms with Crippen molar-refractivity contribution in [2.45, 2.75) is 18.7 Å². The topological polar surface area (TPSA) is 80.6 Å². The van der Waals surface area contributed by atoms with Crippen molar-refractivity contribution >= 4 is 34.5 Å². The average molecular weight is 384 g/mol. The fourth-order valence-corrected chi connectivity index (χ4v) is 3.26. The number of thioether (sulfide) groups is 1. The maximum Gasteiger partial charge on any atom is 0.305 e. The molecule has 2 N–H and O–H groups in total. The first kappa shape index (κ1) is 18.8. The van der Waals surface area contributed by atoms with E-state index >= 15 is 0 Å². The molecule has 6 nitrogen and oxygen atoms in total. The minimum absolute atomic E-state index is 0.174. The maximum atomic E-state index is 12.3. The first-order valence-corrected chi connectivity index (χ1v) is 9.50. The zero-order valence-corrected chi connectivity index (χ0v) is 15.9. The average Bonchev–Trinajstić information content (AvgIpc) is 3.03. The zero-order valence-electron chi connectivity index (χ0n) is 15.1. The van der Waals surface area contributed by atoms with Gasteiger partial charge in [0.05, 0.1) is 12.4 Å². The smallest absolute Gasteiger partial charge is 0.305 e. The summed E-state index contributed by atoms with van der Waals surface area (Å²) < 4.78 is 11.0. The second-order valence-electron chi connectivity index (χ2n) is 5.75. The lowest BCUT2D eigenvalue weighted by atomic mass is 10.1. The number of fused-ring (bicyclic) bond motifs is 1. The Morgan fingerprint density at radius 2 is 1.81 bits per heavy atom. The van der Waals surface area contributed by atoms with E-state index in [1.54, 1.807) is 6.07 Å². The van der Waals surface area contributed by atoms with Crippen molar-refractivity contribution in [3.63, 3.8) is 0 Å². The third-order valence-electron chi connectivity index (χ3n) is 3.87. The van der Waals surface area contributed by atoms with Gasteiger partial charge in [-0.2, -0.15) is 0 Å². The van der Waals surface area contributed by atoms with E-state index in [1.165, 1.54) is 11.8 Å². The summed E-state index contributed by atoms with van der Waals surface area (Å²) in [6.45, 7) is 4.35. The van der Waals surface area contributed by atoms with E-state index in [1.807, 2.05) is 56.3 Å². The van der Waals surface area contributed by atoms with Crippen LogP contribution in [0.1, 0.15) is 23.0 Å². The van der Waals surface area contributed by atoms with Crippen LogP contribution in [0.2, 0.25) is 0 Å². The van der Waals surface area contributed by atoms with E-state index in [2.05, 4.69) is 10.9 Å². The molecule has 0 aliphatic carbocycles. The fraction of sp³-hybridized carbons (Fsp3) is 0.200. The Labute approximate surface area is 161 Å². The summed E-state index contributed by atoms with van der Waals surface area (Å²) in [4.78, 5) is 25.2. The van der Waals surface area contributed by atoms with Gasteiger partial charge in [-0.1, -0.05) is 18.2 Å². The maximum absolute atomic E-state index is 12.3. The highest BCUT2D eigenvalue weighted by molar-refractivity contribution is 8.00. The van der Waals surface area contributed by atoms with Crippen molar-refractivity contribution < 1.29 is 18.7 Å². The van der Waals surface area contributed by atoms with Crippen molar-refractivity contribution in [3.05, 3.63) is 59.9 Å². The lowest BCUT2D eigenvalue weighted by molar-refractivity contribution is -0.119. The minimum atomic E-state index is -0.483. The Bertz CT molecular complexity index is 950. The van der Waals surface area contributed by atoms with Gasteiger partial charge in [-0.05, 0) is 44.2 Å². The van der Waals surface area contributed by atoms with Gasteiger partial charge in [-0.15, -0.1) is 11.8 Å². The van der Waals surface area contributed by atoms with Crippen molar-refractivity contribution in [2.24, 2.45) is 0 Å². The second-order valence-corrected chi connectivity index (χ2v) is 6.80. The van der Waals surface area contributed by atoms with E-state index in [-0.39, 0.29) is 17.4 Å². The molecule has 0 atom stereocenters. The lowest BCUT2D eigenvalue weighted by Crippen LogP contribution is -2.42. The van der Waals surface area contributed by atoms with E-state index < -0.39 is 5.91 Å². The zero-order chi connectivity index (χ0) is 19.2. The quantitative estimate of drug-likeness (QED) is 0.500. The standard InChI is InChI=1S/C20H20N2O4S/c1-3-25-14-8-10-15(11-9-14)27-12-18(23)21-22-20(24)19-13(2)16-6-4-5-7-17(16)26-19/h4-11H,3,12H2,1-2H3,(H,21,23)(H,22,24). The fourth-order valence-electron chi connectivity index (χ4n) is 2.56. The van der Waals surface area contributed by atoms with Crippen LogP contribution in [0.5, 0.6) is 5.75 Å². The largest absolute Gasteiger partial charge is 0.494 e. The van der Waals surface area contributed by atoms with Gasteiger partial charge in [-0.25, -0.2) is 0 Å². The molecular weight excluding hydrogens is 364 g/mol. The van der Waals surface area contributed by atoms with Crippen LogP contribution >= 0.6 is 11.8 Å². The van der Waals surface area contributed by atoms with Gasteiger partial charge in [0.1, 0.15) is 11.3 Å². The van der Waals surface area contributed by atoms with Crippen LogP contribution in [0.4, 0.5) is 0 Å². The first-order valence-electron chi connectivity index (χ1n) is 8.51. The number of furan rings is 1. The number of para-hydroxylation sites is 1. The second kappa shape index (κ2) is 8.64. The normalized spacial score (nSPS) is 10.6. The summed E-state index contributed by atoms with van der Waals surface area (Å²) in [5.74, 6) is 0.363. The van der Waals surface area contributed by atoms with Gasteiger partial charge in [0.15, 0.2) is 5.76 Å². The number of hydrogen-bond donors (Lipinski definition) is 2. The summed E-state index contributed by atoms with van der Waals surface area (Å²) in [6.07, 6.45) is 0. The van der Waals surface area contributed by atoms with Crippen LogP contribution in [0.3, 0.4) is 0 Å². The Kier molecular flexibility index (Phi) is 6.03. The van der Waals surface area contributed by atoms with E-state index in [9.17, 15) is 9.59 Å². The molecule has 140 valence electrons. The molecule has 0 bridgehead atoms. The van der Waals surface area contributed by atoms with Gasteiger partial charge < -0.3 is 9.15 Å². The van der Waals surface area contributed by atoms with Crippen molar-refractivity contribution in [1.82, 2.24) is 10.9 Å². The molecule has 0 saturated heterocycles. The monoisotopic (exact) mass is 384 g/mol. The molecule has 0 fully saturated rings. The number of benzene rings is 2. The predicted octanol–water partition coefficient (Wildman–Crippen LogP) is 3.69. The number of amides is 2. The van der Waals surface area contributed by atoms with Crippen LogP contribution in [-0.4, -0.2) is 24.2 Å². The van der Waals surface area contributed by atoms with Crippen molar-refractivity contribution in [1.29, 1.82) is 0 Å². The third-order valence-corrected chi connectivity index (χ3v) is 4.88. The first-order chi connectivity index (χ1) is 13.1. The SMILES string of the molecule is CCOc1ccc(SCC(=O)NNC(=O)c2oc3ccccc3c2C)cc1. The van der Waals surface area contributed by atoms with Crippen LogP contribution in [0.15, 0.2) is 57.8 Å². The molecular formula is C20H20N2O4S. The molecule has 7 heteroatoms. The Balaban J connectivity index is 1.51. The molecule has 0 saturated carbocycles. The molecule has 1 aromatic heterocycles. The lowest BCUT2D eigenvalue weighted by Gasteiger charge is -2.07. The highest BCUT2D eigenvalue weighted by atomic mass is 32.2. The molecule has 27 heavy (non-hydrogen) atoms. The summed E-state index contributed by atoms with van der Waals surface area (Å²) in [5, 5.41) is 0.875. The van der Waals surface area contributed by atoms with E-state index in [4.69, 9.17) is 9.15 Å². The van der Waals surface area contributed by atoms with Gasteiger partial charge in [0.25, 0.3) is 0 Å². The van der Waals surface area contributed by atoms with Gasteiger partial charge in [0, 0.05) is 15.8 Å². The molecule has 0 radical (unpaired) electrons. The predicted molar refractivity (Wildman–Crippen MR) is 105 cm³/mol. The van der Waals surface area contributed by atoms with E-state index in [0.29, 0.717) is 12.2 Å². The summed E-state index contributed by atoms with van der Waals surface area (Å²) in [5.41, 5.74) is 6.18. The molecule has 0 aliphatic heterocycles. The summed E-state index contributed by atoms with van der Waals surface area (Å²) >= 11 is 1.37. The number of carbonyl (C=O) groups excluding carboxylic acids is 2. The minimum Gasteiger partial charge on any atom is -0.494 e. The van der Waals surface area contributed by atoms with Gasteiger partial charge in [0.2, 0.25) is 5.91 Å². The third kappa shape index (κ3) is 4.62. The molecule has 1 heterocycles. The van der Waals surface area contributed by atoms with Crippen LogP contribution in [0.25, 0.3) is 11.0 Å². The highest BCUT2D eigenvalue weighted by Crippen LogP contribution is 2.24. The molecule has 2 amide bonds. The number of hydrazine groups is 1. The number of ether oxygens (including phenoxy) is 1. The van der Waals surface area contributed by atoms with Crippen LogP contribution < -0.4 is 15.6 Å². The molecule has 0 aliphatic rings. The molecule has 0 unspecified atom stereocenters. The van der Waals surface area contributed by atoms with Crippen LogP contribution in [-0.2, 0) is 4.79 Å². The van der Waals surface area contributed by atoms with Gasteiger partial charge in [-0.3, -0.25) is 20.4 Å². The molecule has 0 spiro atoms. The summed E-state index contributed by atoms with van der Waals surface area (Å²) in [7, 11) is 0.